The number of nitrogens with one attached hydrogen (secondary N) is 1. The quantitative estimate of drug-likeness (QED) is 0.926. The third-order valence-corrected chi connectivity index (χ3v) is 4.91. The van der Waals surface area contributed by atoms with Crippen LogP contribution in [0.25, 0.3) is 0 Å². The van der Waals surface area contributed by atoms with Crippen molar-refractivity contribution in [3.8, 4) is 0 Å². The second-order valence-corrected chi connectivity index (χ2v) is 6.95. The van der Waals surface area contributed by atoms with E-state index in [0.29, 0.717) is 18.0 Å². The van der Waals surface area contributed by atoms with Gasteiger partial charge < -0.3 is 5.32 Å². The Bertz CT molecular complexity index is 464. The molecule has 2 rings (SSSR count). The van der Waals surface area contributed by atoms with Gasteiger partial charge in [0.2, 0.25) is 0 Å². The van der Waals surface area contributed by atoms with Crippen molar-refractivity contribution in [2.75, 3.05) is 20.1 Å². The number of rotatable bonds is 4. The summed E-state index contributed by atoms with van der Waals surface area (Å²) in [4.78, 5) is 2.55. The van der Waals surface area contributed by atoms with Crippen molar-refractivity contribution >= 4 is 0 Å². The topological polar surface area (TPSA) is 33.1 Å². The molecule has 0 saturated carbocycles. The fourth-order valence-corrected chi connectivity index (χ4v) is 3.70. The Kier molecular flexibility index (Phi) is 5.44. The van der Waals surface area contributed by atoms with Crippen LogP contribution in [0.15, 0.2) is 0 Å². The molecule has 1 saturated heterocycles. The number of nitrogens with zero attached hydrogens (tertiary/aromatic N) is 3. The van der Waals surface area contributed by atoms with Crippen molar-refractivity contribution in [2.45, 2.75) is 59.0 Å². The zero-order chi connectivity index (χ0) is 15.6. The summed E-state index contributed by atoms with van der Waals surface area (Å²) in [6, 6.07) is 1.04. The van der Waals surface area contributed by atoms with Crippen molar-refractivity contribution in [1.82, 2.24) is 20.0 Å². The highest BCUT2D eigenvalue weighted by Crippen LogP contribution is 2.36. The summed E-state index contributed by atoms with van der Waals surface area (Å²) in [5.74, 6) is 0.668. The van der Waals surface area contributed by atoms with Gasteiger partial charge in [-0.1, -0.05) is 20.3 Å². The van der Waals surface area contributed by atoms with Crippen molar-refractivity contribution < 1.29 is 0 Å². The third kappa shape index (κ3) is 3.67. The predicted octanol–water partition coefficient (Wildman–Crippen LogP) is 2.81. The molecule has 1 aliphatic rings. The Morgan fingerprint density at radius 2 is 1.95 bits per heavy atom. The van der Waals surface area contributed by atoms with Gasteiger partial charge in [-0.15, -0.1) is 0 Å². The lowest BCUT2D eigenvalue weighted by Gasteiger charge is -2.33. The molecule has 4 nitrogen and oxygen atoms in total. The number of aromatic nitrogens is 2. The summed E-state index contributed by atoms with van der Waals surface area (Å²) in [5.41, 5.74) is 3.97. The van der Waals surface area contributed by atoms with Gasteiger partial charge in [0, 0.05) is 36.9 Å². The van der Waals surface area contributed by atoms with E-state index >= 15 is 0 Å². The normalized spacial score (nSPS) is 24.5. The van der Waals surface area contributed by atoms with Gasteiger partial charge >= 0.3 is 0 Å². The van der Waals surface area contributed by atoms with E-state index in [2.05, 4.69) is 57.1 Å². The monoisotopic (exact) mass is 292 g/mol. The van der Waals surface area contributed by atoms with Gasteiger partial charge in [-0.25, -0.2) is 0 Å². The van der Waals surface area contributed by atoms with E-state index in [-0.39, 0.29) is 0 Å². The lowest BCUT2D eigenvalue weighted by Crippen LogP contribution is -2.37. The van der Waals surface area contributed by atoms with Gasteiger partial charge in [0.1, 0.15) is 0 Å². The molecule has 0 amide bonds. The molecule has 1 aromatic heterocycles. The largest absolute Gasteiger partial charge is 0.314 e. The minimum atomic E-state index is 0.493. The van der Waals surface area contributed by atoms with Crippen LogP contribution in [0.1, 0.15) is 56.1 Å². The molecule has 2 unspecified atom stereocenters. The van der Waals surface area contributed by atoms with Crippen LogP contribution in [0.2, 0.25) is 0 Å². The van der Waals surface area contributed by atoms with E-state index in [9.17, 15) is 0 Å². The number of likely N-dealkylation sites (tertiary alicyclic amines) is 1. The van der Waals surface area contributed by atoms with Gasteiger partial charge in [-0.2, -0.15) is 5.10 Å². The standard InChI is InChI=1S/C17H32N4/c1-12(2)18-11-15-9-7-8-10-20(5)17(15)16-13(3)19-21(6)14(16)4/h12,15,17-18H,7-11H2,1-6H3. The van der Waals surface area contributed by atoms with Gasteiger partial charge in [0.05, 0.1) is 5.69 Å². The number of aryl methyl sites for hydroxylation is 2. The van der Waals surface area contributed by atoms with Crippen molar-refractivity contribution in [1.29, 1.82) is 0 Å². The summed E-state index contributed by atoms with van der Waals surface area (Å²) in [7, 11) is 4.34. The maximum absolute atomic E-state index is 4.65. The number of hydrogen-bond donors (Lipinski definition) is 1. The van der Waals surface area contributed by atoms with Crippen LogP contribution in [-0.2, 0) is 7.05 Å². The van der Waals surface area contributed by atoms with E-state index in [4.69, 9.17) is 0 Å². The Balaban J connectivity index is 2.32. The van der Waals surface area contributed by atoms with Crippen molar-refractivity contribution in [2.24, 2.45) is 13.0 Å². The molecular weight excluding hydrogens is 260 g/mol. The Morgan fingerprint density at radius 3 is 2.52 bits per heavy atom. The summed E-state index contributed by atoms with van der Waals surface area (Å²) < 4.78 is 2.04. The third-order valence-electron chi connectivity index (χ3n) is 4.91. The molecule has 1 fully saturated rings. The molecule has 21 heavy (non-hydrogen) atoms. The first-order valence-corrected chi connectivity index (χ1v) is 8.35. The second kappa shape index (κ2) is 6.93. The van der Waals surface area contributed by atoms with Gasteiger partial charge in [0.25, 0.3) is 0 Å². The maximum atomic E-state index is 4.65. The molecule has 2 heterocycles. The average molecular weight is 292 g/mol. The molecule has 2 atom stereocenters. The van der Waals surface area contributed by atoms with E-state index in [1.807, 2.05) is 4.68 Å². The van der Waals surface area contributed by atoms with E-state index in [0.717, 1.165) is 6.54 Å². The van der Waals surface area contributed by atoms with Crippen LogP contribution in [0.3, 0.4) is 0 Å². The highest BCUT2D eigenvalue weighted by Gasteiger charge is 2.32. The average Bonchev–Trinajstić information content (AvgIpc) is 2.58. The minimum absolute atomic E-state index is 0.493. The first-order chi connectivity index (χ1) is 9.91. The van der Waals surface area contributed by atoms with Crippen LogP contribution >= 0.6 is 0 Å². The van der Waals surface area contributed by atoms with Crippen molar-refractivity contribution in [3.63, 3.8) is 0 Å². The molecule has 4 heteroatoms. The van der Waals surface area contributed by atoms with E-state index in [1.54, 1.807) is 0 Å². The Hall–Kier alpha value is -0.870. The Labute approximate surface area is 129 Å². The summed E-state index contributed by atoms with van der Waals surface area (Å²) in [5, 5.41) is 8.31. The summed E-state index contributed by atoms with van der Waals surface area (Å²) in [6.45, 7) is 11.1. The molecular formula is C17H32N4. The maximum Gasteiger partial charge on any atom is 0.0644 e. The molecule has 1 aromatic rings. The molecule has 0 aliphatic carbocycles. The first kappa shape index (κ1) is 16.5. The SMILES string of the molecule is Cc1nn(C)c(C)c1C1C(CNC(C)C)CCCCN1C. The molecule has 120 valence electrons. The molecule has 0 aromatic carbocycles. The van der Waals surface area contributed by atoms with Crippen LogP contribution in [0, 0.1) is 19.8 Å². The van der Waals surface area contributed by atoms with E-state index in [1.165, 1.54) is 42.8 Å². The van der Waals surface area contributed by atoms with E-state index < -0.39 is 0 Å². The van der Waals surface area contributed by atoms with Crippen LogP contribution in [0.5, 0.6) is 0 Å². The summed E-state index contributed by atoms with van der Waals surface area (Å²) >= 11 is 0. The zero-order valence-corrected chi connectivity index (χ0v) is 14.6. The first-order valence-electron chi connectivity index (χ1n) is 8.35. The lowest BCUT2D eigenvalue weighted by molar-refractivity contribution is 0.185. The summed E-state index contributed by atoms with van der Waals surface area (Å²) in [6.07, 6.45) is 3.95. The van der Waals surface area contributed by atoms with Gasteiger partial charge in [-0.3, -0.25) is 9.58 Å². The lowest BCUT2D eigenvalue weighted by atomic mass is 9.88. The zero-order valence-electron chi connectivity index (χ0n) is 14.6. The van der Waals surface area contributed by atoms with Crippen molar-refractivity contribution in [3.05, 3.63) is 17.0 Å². The predicted molar refractivity (Wildman–Crippen MR) is 88.5 cm³/mol. The number of hydrogen-bond acceptors (Lipinski definition) is 3. The van der Waals surface area contributed by atoms with Gasteiger partial charge in [0.15, 0.2) is 0 Å². The molecule has 1 aliphatic heterocycles. The van der Waals surface area contributed by atoms with Crippen LogP contribution in [-0.4, -0.2) is 40.9 Å². The smallest absolute Gasteiger partial charge is 0.0644 e. The fourth-order valence-electron chi connectivity index (χ4n) is 3.70. The molecule has 1 N–H and O–H groups in total. The molecule has 0 spiro atoms. The van der Waals surface area contributed by atoms with Crippen LogP contribution in [0.4, 0.5) is 0 Å². The fraction of sp³-hybridized carbons (Fsp3) is 0.824. The molecule has 0 radical (unpaired) electrons. The highest BCUT2D eigenvalue weighted by molar-refractivity contribution is 5.29. The Morgan fingerprint density at radius 1 is 1.24 bits per heavy atom. The minimum Gasteiger partial charge on any atom is -0.314 e. The van der Waals surface area contributed by atoms with Crippen LogP contribution < -0.4 is 5.32 Å². The second-order valence-electron chi connectivity index (χ2n) is 6.95. The van der Waals surface area contributed by atoms with Gasteiger partial charge in [-0.05, 0) is 46.2 Å². The highest BCUT2D eigenvalue weighted by atomic mass is 15.3. The molecule has 0 bridgehead atoms.